The van der Waals surface area contributed by atoms with Crippen molar-refractivity contribution in [1.29, 1.82) is 0 Å². The quantitative estimate of drug-likeness (QED) is 0.908. The number of halogens is 4. The average molecular weight is 308 g/mol. The van der Waals surface area contributed by atoms with Crippen molar-refractivity contribution >= 4 is 29.2 Å². The fourth-order valence-corrected chi connectivity index (χ4v) is 1.41. The van der Waals surface area contributed by atoms with Gasteiger partial charge >= 0.3 is 6.18 Å². The molecular weight excluding hydrogens is 297 g/mol. The Balaban J connectivity index is 2.27. The van der Waals surface area contributed by atoms with Crippen molar-refractivity contribution in [3.8, 4) is 0 Å². The summed E-state index contributed by atoms with van der Waals surface area (Å²) in [6.45, 7) is -2.57. The van der Waals surface area contributed by atoms with E-state index in [-0.39, 0.29) is 22.9 Å². The second-order valence-electron chi connectivity index (χ2n) is 3.43. The molecule has 0 bridgehead atoms. The van der Waals surface area contributed by atoms with Gasteiger partial charge in [0, 0.05) is 23.0 Å². The molecular formula is C10H8ClF3N6. The first-order valence-corrected chi connectivity index (χ1v) is 5.41. The van der Waals surface area contributed by atoms with E-state index >= 15 is 0 Å². The van der Waals surface area contributed by atoms with Crippen molar-refractivity contribution in [2.75, 3.05) is 17.6 Å². The number of aromatic nitrogens is 4. The standard InChI is InChI=1S/C10H8ClF3N6/c1-15-8-18-7(11)19-9(20-8)17-5-2-3-16-6(4-5)10(12,13)14/h2-4H,1H3,(H2,15,16,17,18,19,20)/i1D3. The Hall–Kier alpha value is -2.16. The molecule has 2 aromatic rings. The fraction of sp³-hybridized carbons (Fsp3) is 0.200. The Morgan fingerprint density at radius 3 is 2.70 bits per heavy atom. The van der Waals surface area contributed by atoms with Crippen molar-refractivity contribution in [2.24, 2.45) is 0 Å². The number of alkyl halides is 3. The normalized spacial score (nSPS) is 14.1. The van der Waals surface area contributed by atoms with E-state index in [0.29, 0.717) is 0 Å². The molecule has 0 saturated carbocycles. The first kappa shape index (κ1) is 10.6. The summed E-state index contributed by atoms with van der Waals surface area (Å²) in [6, 6.07) is 2.00. The van der Waals surface area contributed by atoms with E-state index in [2.05, 4.69) is 25.3 Å². The number of nitrogens with zero attached hydrogens (tertiary/aromatic N) is 4. The first-order chi connectivity index (χ1) is 10.5. The second kappa shape index (κ2) is 5.45. The van der Waals surface area contributed by atoms with Crippen molar-refractivity contribution in [1.82, 2.24) is 19.9 Å². The SMILES string of the molecule is [2H]C([2H])([2H])Nc1nc(Cl)nc(Nc2ccnc(C(F)(F)F)c2)n1. The van der Waals surface area contributed by atoms with E-state index in [1.54, 1.807) is 0 Å². The topological polar surface area (TPSA) is 75.6 Å². The molecule has 0 unspecified atom stereocenters. The molecule has 0 aliphatic carbocycles. The van der Waals surface area contributed by atoms with Crippen LogP contribution in [0.25, 0.3) is 0 Å². The first-order valence-electron chi connectivity index (χ1n) is 6.53. The molecule has 106 valence electrons. The van der Waals surface area contributed by atoms with Gasteiger partial charge in [-0.3, -0.25) is 4.98 Å². The lowest BCUT2D eigenvalue weighted by atomic mass is 10.3. The summed E-state index contributed by atoms with van der Waals surface area (Å²) >= 11 is 5.63. The van der Waals surface area contributed by atoms with Gasteiger partial charge in [-0.05, 0) is 23.7 Å². The summed E-state index contributed by atoms with van der Waals surface area (Å²) in [6.07, 6.45) is -3.65. The van der Waals surface area contributed by atoms with Crippen molar-refractivity contribution in [3.05, 3.63) is 29.3 Å². The van der Waals surface area contributed by atoms with Crippen LogP contribution in [0, 0.1) is 0 Å². The molecule has 0 atom stereocenters. The minimum Gasteiger partial charge on any atom is -0.357 e. The van der Waals surface area contributed by atoms with Crippen LogP contribution in [-0.4, -0.2) is 26.9 Å². The maximum atomic E-state index is 12.6. The summed E-state index contributed by atoms with van der Waals surface area (Å²) in [5.41, 5.74) is -1.11. The van der Waals surface area contributed by atoms with Crippen LogP contribution in [0.4, 0.5) is 30.8 Å². The van der Waals surface area contributed by atoms with Gasteiger partial charge in [0.05, 0.1) is 0 Å². The molecule has 2 N–H and O–H groups in total. The van der Waals surface area contributed by atoms with Crippen LogP contribution in [0.2, 0.25) is 5.28 Å². The smallest absolute Gasteiger partial charge is 0.357 e. The number of rotatable bonds is 3. The molecule has 2 aromatic heterocycles. The average Bonchev–Trinajstić information content (AvgIpc) is 2.35. The van der Waals surface area contributed by atoms with E-state index in [1.165, 1.54) is 6.07 Å². The minimum absolute atomic E-state index is 0.00516. The zero-order valence-corrected chi connectivity index (χ0v) is 10.3. The molecule has 0 radical (unpaired) electrons. The van der Waals surface area contributed by atoms with Crippen molar-refractivity contribution in [3.63, 3.8) is 0 Å². The monoisotopic (exact) mass is 307 g/mol. The van der Waals surface area contributed by atoms with Gasteiger partial charge in [-0.1, -0.05) is 0 Å². The Labute approximate surface area is 120 Å². The molecule has 10 heteroatoms. The Kier molecular flexibility index (Phi) is 2.89. The predicted molar refractivity (Wildman–Crippen MR) is 66.9 cm³/mol. The van der Waals surface area contributed by atoms with Gasteiger partial charge in [-0.25, -0.2) is 0 Å². The zero-order chi connectivity index (χ0) is 17.3. The van der Waals surface area contributed by atoms with E-state index < -0.39 is 18.8 Å². The van der Waals surface area contributed by atoms with Crippen LogP contribution >= 0.6 is 11.6 Å². The van der Waals surface area contributed by atoms with Crippen LogP contribution in [0.3, 0.4) is 0 Å². The van der Waals surface area contributed by atoms with E-state index in [1.807, 2.05) is 5.32 Å². The lowest BCUT2D eigenvalue weighted by Gasteiger charge is -2.09. The van der Waals surface area contributed by atoms with E-state index in [9.17, 15) is 13.2 Å². The summed E-state index contributed by atoms with van der Waals surface area (Å²) < 4.78 is 58.9. The number of nitrogens with one attached hydrogen (secondary N) is 2. The molecule has 0 saturated heterocycles. The van der Waals surface area contributed by atoms with Gasteiger partial charge in [0.1, 0.15) is 5.69 Å². The third kappa shape index (κ3) is 3.44. The van der Waals surface area contributed by atoms with Crippen molar-refractivity contribution < 1.29 is 17.3 Å². The van der Waals surface area contributed by atoms with E-state index in [0.717, 1.165) is 12.3 Å². The highest BCUT2D eigenvalue weighted by molar-refractivity contribution is 6.28. The number of hydrogen-bond acceptors (Lipinski definition) is 6. The van der Waals surface area contributed by atoms with Gasteiger partial charge in [0.2, 0.25) is 17.2 Å². The summed E-state index contributed by atoms with van der Waals surface area (Å²) in [4.78, 5) is 14.1. The predicted octanol–water partition coefficient (Wildman–Crippen LogP) is 2.72. The Morgan fingerprint density at radius 2 is 2.00 bits per heavy atom. The molecule has 0 spiro atoms. The molecule has 2 rings (SSSR count). The van der Waals surface area contributed by atoms with Gasteiger partial charge in [0.15, 0.2) is 0 Å². The highest BCUT2D eigenvalue weighted by atomic mass is 35.5. The van der Waals surface area contributed by atoms with E-state index in [4.69, 9.17) is 15.7 Å². The van der Waals surface area contributed by atoms with Gasteiger partial charge in [-0.15, -0.1) is 0 Å². The Bertz CT molecular complexity index is 709. The summed E-state index contributed by atoms with van der Waals surface area (Å²) in [5, 5.41) is 4.14. The van der Waals surface area contributed by atoms with Crippen LogP contribution in [0.15, 0.2) is 18.3 Å². The largest absolute Gasteiger partial charge is 0.433 e. The lowest BCUT2D eigenvalue weighted by molar-refractivity contribution is -0.141. The molecule has 6 nitrogen and oxygen atoms in total. The molecule has 0 aliphatic rings. The third-order valence-corrected chi connectivity index (χ3v) is 2.20. The Morgan fingerprint density at radius 1 is 1.25 bits per heavy atom. The molecule has 20 heavy (non-hydrogen) atoms. The second-order valence-corrected chi connectivity index (χ2v) is 3.77. The fourth-order valence-electron chi connectivity index (χ4n) is 1.25. The number of pyridine rings is 1. The molecule has 2 heterocycles. The molecule has 0 aliphatic heterocycles. The molecule has 0 fully saturated rings. The van der Waals surface area contributed by atoms with Crippen LogP contribution in [-0.2, 0) is 6.18 Å². The summed E-state index contributed by atoms with van der Waals surface area (Å²) in [5.74, 6) is -0.575. The number of anilines is 3. The van der Waals surface area contributed by atoms with Gasteiger partial charge in [0.25, 0.3) is 0 Å². The number of hydrogen-bond donors (Lipinski definition) is 2. The van der Waals surface area contributed by atoms with Gasteiger partial charge < -0.3 is 10.6 Å². The van der Waals surface area contributed by atoms with Crippen LogP contribution in [0.5, 0.6) is 0 Å². The third-order valence-electron chi connectivity index (χ3n) is 2.03. The highest BCUT2D eigenvalue weighted by Gasteiger charge is 2.32. The van der Waals surface area contributed by atoms with Crippen LogP contribution < -0.4 is 10.6 Å². The lowest BCUT2D eigenvalue weighted by Crippen LogP contribution is -2.09. The maximum absolute atomic E-state index is 12.6. The van der Waals surface area contributed by atoms with Crippen LogP contribution in [0.1, 0.15) is 9.81 Å². The zero-order valence-electron chi connectivity index (χ0n) is 12.5. The maximum Gasteiger partial charge on any atom is 0.433 e. The highest BCUT2D eigenvalue weighted by Crippen LogP contribution is 2.29. The minimum atomic E-state index is -4.61. The molecule has 0 aromatic carbocycles. The van der Waals surface area contributed by atoms with Gasteiger partial charge in [-0.2, -0.15) is 28.1 Å². The summed E-state index contributed by atoms with van der Waals surface area (Å²) in [7, 11) is 0. The van der Waals surface area contributed by atoms with Crippen molar-refractivity contribution in [2.45, 2.75) is 6.18 Å². The molecule has 0 amide bonds.